The van der Waals surface area contributed by atoms with E-state index in [-0.39, 0.29) is 42.5 Å². The van der Waals surface area contributed by atoms with Crippen molar-refractivity contribution in [2.24, 2.45) is 5.73 Å². The lowest BCUT2D eigenvalue weighted by Gasteiger charge is -2.36. The van der Waals surface area contributed by atoms with Crippen molar-refractivity contribution in [2.45, 2.75) is 32.1 Å². The second-order valence-corrected chi connectivity index (χ2v) is 7.62. The van der Waals surface area contributed by atoms with Gasteiger partial charge in [-0.25, -0.2) is 9.59 Å². The highest BCUT2D eigenvalue weighted by atomic mass is 16.5. The normalized spacial score (nSPS) is 19.3. The number of anilines is 1. The van der Waals surface area contributed by atoms with E-state index in [0.29, 0.717) is 17.7 Å². The quantitative estimate of drug-likeness (QED) is 0.349. The molecule has 2 N–H and O–H groups in total. The molecule has 8 nitrogen and oxygen atoms in total. The van der Waals surface area contributed by atoms with Crippen LogP contribution >= 0.6 is 0 Å². The molecule has 33 heavy (non-hydrogen) atoms. The summed E-state index contributed by atoms with van der Waals surface area (Å²) in [4.78, 5) is 42.2. The summed E-state index contributed by atoms with van der Waals surface area (Å²) in [7, 11) is 0. The first-order chi connectivity index (χ1) is 15.9. The van der Waals surface area contributed by atoms with Crippen molar-refractivity contribution < 1.29 is 28.6 Å². The number of para-hydroxylation sites is 1. The third-order valence-corrected chi connectivity index (χ3v) is 5.56. The monoisotopic (exact) mass is 452 g/mol. The Morgan fingerprint density at radius 2 is 1.85 bits per heavy atom. The number of benzene rings is 1. The molecule has 8 heteroatoms. The lowest BCUT2D eigenvalue weighted by molar-refractivity contribution is -0.143. The maximum atomic E-state index is 14.1. The van der Waals surface area contributed by atoms with Gasteiger partial charge >= 0.3 is 11.9 Å². The van der Waals surface area contributed by atoms with E-state index in [9.17, 15) is 14.4 Å². The molecular formula is C25H28N2O6. The van der Waals surface area contributed by atoms with Crippen LogP contribution < -0.4 is 10.6 Å². The first-order valence-corrected chi connectivity index (χ1v) is 10.7. The molecule has 2 heterocycles. The largest absolute Gasteiger partial charge is 0.462 e. The predicted molar refractivity (Wildman–Crippen MR) is 123 cm³/mol. The van der Waals surface area contributed by atoms with Crippen LogP contribution in [0.15, 0.2) is 72.4 Å². The van der Waals surface area contributed by atoms with Crippen molar-refractivity contribution in [2.75, 3.05) is 24.7 Å². The molecule has 0 saturated carbocycles. The number of nitrogens with two attached hydrogens (primary N) is 1. The minimum absolute atomic E-state index is 0.0651. The van der Waals surface area contributed by atoms with Gasteiger partial charge in [-0.2, -0.15) is 0 Å². The Labute approximate surface area is 193 Å². The summed E-state index contributed by atoms with van der Waals surface area (Å²) < 4.78 is 16.4. The zero-order valence-corrected chi connectivity index (χ0v) is 18.9. The Balaban J connectivity index is 2.32. The highest BCUT2D eigenvalue weighted by Crippen LogP contribution is 2.54. The van der Waals surface area contributed by atoms with Crippen molar-refractivity contribution in [3.8, 4) is 0 Å². The molecule has 1 aromatic carbocycles. The second-order valence-electron chi connectivity index (χ2n) is 7.62. The van der Waals surface area contributed by atoms with Crippen molar-refractivity contribution in [3.63, 3.8) is 0 Å². The van der Waals surface area contributed by atoms with Crippen LogP contribution in [0.25, 0.3) is 0 Å². The number of allylic oxidation sites excluding steroid dienone is 1. The molecule has 1 atom stereocenters. The van der Waals surface area contributed by atoms with E-state index in [1.807, 2.05) is 6.92 Å². The molecule has 0 aliphatic carbocycles. The summed E-state index contributed by atoms with van der Waals surface area (Å²) in [6.07, 6.45) is 4.40. The van der Waals surface area contributed by atoms with Crippen LogP contribution in [-0.4, -0.2) is 37.6 Å². The maximum absolute atomic E-state index is 14.1. The molecule has 0 bridgehead atoms. The van der Waals surface area contributed by atoms with E-state index in [4.69, 9.17) is 19.9 Å². The van der Waals surface area contributed by atoms with Gasteiger partial charge in [0.25, 0.3) is 0 Å². The van der Waals surface area contributed by atoms with E-state index in [0.717, 1.165) is 6.42 Å². The van der Waals surface area contributed by atoms with Crippen LogP contribution in [0.4, 0.5) is 5.69 Å². The molecule has 3 rings (SSSR count). The van der Waals surface area contributed by atoms with Crippen molar-refractivity contribution in [3.05, 3.63) is 77.9 Å². The molecular weight excluding hydrogens is 424 g/mol. The Bertz CT molecular complexity index is 1070. The fraction of sp³-hybridized carbons (Fsp3) is 0.320. The summed E-state index contributed by atoms with van der Waals surface area (Å²) in [6.45, 7) is 10.9. The molecule has 2 aliphatic rings. The Hall–Kier alpha value is -3.81. The lowest BCUT2D eigenvalue weighted by Crippen LogP contribution is -2.51. The van der Waals surface area contributed by atoms with E-state index < -0.39 is 23.3 Å². The van der Waals surface area contributed by atoms with Crippen LogP contribution in [0.1, 0.15) is 32.3 Å². The Kier molecular flexibility index (Phi) is 7.06. The number of unbranched alkanes of at least 4 members (excludes halogenated alkanes) is 1. The first-order valence-electron chi connectivity index (χ1n) is 10.7. The highest BCUT2D eigenvalue weighted by molar-refractivity contribution is 6.22. The molecule has 2 aliphatic heterocycles. The van der Waals surface area contributed by atoms with Gasteiger partial charge in [-0.3, -0.25) is 4.79 Å². The molecule has 174 valence electrons. The highest BCUT2D eigenvalue weighted by Gasteiger charge is 2.63. The molecule has 0 unspecified atom stereocenters. The van der Waals surface area contributed by atoms with Crippen molar-refractivity contribution in [1.29, 1.82) is 0 Å². The van der Waals surface area contributed by atoms with Crippen LogP contribution in [0.2, 0.25) is 0 Å². The van der Waals surface area contributed by atoms with Gasteiger partial charge < -0.3 is 24.8 Å². The van der Waals surface area contributed by atoms with Gasteiger partial charge in [0.1, 0.15) is 28.9 Å². The van der Waals surface area contributed by atoms with Crippen LogP contribution in [-0.2, 0) is 34.0 Å². The number of amides is 1. The minimum Gasteiger partial charge on any atom is -0.462 e. The van der Waals surface area contributed by atoms with Gasteiger partial charge in [-0.1, -0.05) is 50.3 Å². The predicted octanol–water partition coefficient (Wildman–Crippen LogP) is 3.00. The number of carbonyl (C=O) groups is 3. The van der Waals surface area contributed by atoms with Gasteiger partial charge in [0.15, 0.2) is 0 Å². The molecule has 0 saturated heterocycles. The van der Waals surface area contributed by atoms with Gasteiger partial charge in [0, 0.05) is 17.8 Å². The standard InChI is InChI=1S/C25H28N2O6/c1-5-8-15-32-23(29)20-21(26)33-16(4)19(22(28)31-14-7-3)25(20)17-11-9-10-12-18(17)27(13-6-2)24(25)30/h6-7,9-12H,2-3,5,8,13-15,26H2,1,4H3/t25-/m1/s1. The number of carbonyl (C=O) groups excluding carboxylic acids is 3. The number of esters is 2. The van der Waals surface area contributed by atoms with Gasteiger partial charge in [-0.05, 0) is 19.4 Å². The number of nitrogens with zero attached hydrogens (tertiary/aromatic N) is 1. The average molecular weight is 453 g/mol. The minimum atomic E-state index is -1.88. The van der Waals surface area contributed by atoms with E-state index in [1.165, 1.54) is 17.9 Å². The second kappa shape index (κ2) is 9.77. The Morgan fingerprint density at radius 1 is 1.15 bits per heavy atom. The smallest absolute Gasteiger partial charge is 0.341 e. The molecule has 1 amide bonds. The van der Waals surface area contributed by atoms with Crippen molar-refractivity contribution >= 4 is 23.5 Å². The first kappa shape index (κ1) is 23.8. The summed E-state index contributed by atoms with van der Waals surface area (Å²) >= 11 is 0. The average Bonchev–Trinajstić information content (AvgIpc) is 3.01. The fourth-order valence-electron chi connectivity index (χ4n) is 4.23. The summed E-state index contributed by atoms with van der Waals surface area (Å²) in [6, 6.07) is 6.90. The van der Waals surface area contributed by atoms with Crippen LogP contribution in [0.3, 0.4) is 0 Å². The third kappa shape index (κ3) is 3.82. The number of ether oxygens (including phenoxy) is 3. The fourth-order valence-corrected chi connectivity index (χ4v) is 4.23. The number of rotatable bonds is 9. The third-order valence-electron chi connectivity index (χ3n) is 5.56. The van der Waals surface area contributed by atoms with Gasteiger partial charge in [0.05, 0.1) is 6.61 Å². The SMILES string of the molecule is C=CCOC(=O)C1=C(C)OC(N)=C(C(=O)OCCCC)[C@]12C(=O)N(CC=C)c1ccccc12. The summed E-state index contributed by atoms with van der Waals surface area (Å²) in [5.41, 5.74) is 4.89. The van der Waals surface area contributed by atoms with Gasteiger partial charge in [-0.15, -0.1) is 6.58 Å². The zero-order valence-electron chi connectivity index (χ0n) is 18.9. The molecule has 0 fully saturated rings. The number of fused-ring (bicyclic) bond motifs is 2. The van der Waals surface area contributed by atoms with Crippen molar-refractivity contribution in [1.82, 2.24) is 0 Å². The topological polar surface area (TPSA) is 108 Å². The molecule has 1 spiro atoms. The van der Waals surface area contributed by atoms with Crippen LogP contribution in [0, 0.1) is 0 Å². The van der Waals surface area contributed by atoms with Crippen LogP contribution in [0.5, 0.6) is 0 Å². The lowest BCUT2D eigenvalue weighted by atomic mass is 9.67. The zero-order chi connectivity index (χ0) is 24.2. The van der Waals surface area contributed by atoms with Gasteiger partial charge in [0.2, 0.25) is 11.8 Å². The van der Waals surface area contributed by atoms with E-state index in [1.54, 1.807) is 30.3 Å². The number of hydrogen-bond donors (Lipinski definition) is 1. The molecule has 0 aromatic heterocycles. The van der Waals surface area contributed by atoms with E-state index >= 15 is 0 Å². The summed E-state index contributed by atoms with van der Waals surface area (Å²) in [5, 5.41) is 0. The maximum Gasteiger partial charge on any atom is 0.341 e. The number of hydrogen-bond acceptors (Lipinski definition) is 7. The Morgan fingerprint density at radius 3 is 2.52 bits per heavy atom. The molecule has 1 aromatic rings. The van der Waals surface area contributed by atoms with E-state index in [2.05, 4.69) is 13.2 Å². The summed E-state index contributed by atoms with van der Waals surface area (Å²) in [5.74, 6) is -2.41. The molecule has 0 radical (unpaired) electrons.